The van der Waals surface area contributed by atoms with Crippen molar-refractivity contribution in [3.8, 4) is 5.75 Å². The number of carbonyl (C=O) groups excluding carboxylic acids is 3. The third-order valence-corrected chi connectivity index (χ3v) is 8.37. The summed E-state index contributed by atoms with van der Waals surface area (Å²) in [5, 5.41) is 10.1. The molecule has 0 aliphatic carbocycles. The predicted molar refractivity (Wildman–Crippen MR) is 142 cm³/mol. The van der Waals surface area contributed by atoms with Gasteiger partial charge in [-0.1, -0.05) is 19.1 Å². The molecule has 3 fully saturated rings. The summed E-state index contributed by atoms with van der Waals surface area (Å²) >= 11 is 0. The summed E-state index contributed by atoms with van der Waals surface area (Å²) in [6, 6.07) is 5.37. The second kappa shape index (κ2) is 10.9. The highest BCUT2D eigenvalue weighted by Gasteiger charge is 2.79. The number of rotatable bonds is 12. The summed E-state index contributed by atoms with van der Waals surface area (Å²) in [7, 11) is 1.57. The first-order chi connectivity index (χ1) is 18.2. The Morgan fingerprint density at radius 1 is 1.26 bits per heavy atom. The lowest BCUT2D eigenvalue weighted by Crippen LogP contribution is -2.58. The van der Waals surface area contributed by atoms with Crippen LogP contribution < -0.4 is 9.64 Å². The number of carbonyl (C=O) groups is 3. The van der Waals surface area contributed by atoms with Crippen molar-refractivity contribution in [1.29, 1.82) is 0 Å². The SMILES string of the molecule is C=CCCOC(=O)[C@@H]1[C@H]2C(=O)N([C@H](C)CO)C(C(=O)N(CC=C)c3ccc(OC)cc3)C23CC[C@@]1(CC)O3. The zero-order valence-corrected chi connectivity index (χ0v) is 22.4. The summed E-state index contributed by atoms with van der Waals surface area (Å²) in [5.74, 6) is -2.27. The number of esters is 1. The van der Waals surface area contributed by atoms with E-state index in [1.807, 2.05) is 6.92 Å². The van der Waals surface area contributed by atoms with Crippen LogP contribution in [-0.4, -0.2) is 77.9 Å². The van der Waals surface area contributed by atoms with E-state index in [4.69, 9.17) is 14.2 Å². The van der Waals surface area contributed by atoms with Crippen LogP contribution in [0.4, 0.5) is 5.69 Å². The fourth-order valence-electron chi connectivity index (χ4n) is 6.55. The molecule has 9 heteroatoms. The summed E-state index contributed by atoms with van der Waals surface area (Å²) in [6.07, 6.45) is 5.26. The number of methoxy groups -OCH3 is 1. The van der Waals surface area contributed by atoms with Crippen LogP contribution in [0, 0.1) is 11.8 Å². The molecule has 3 aliphatic heterocycles. The van der Waals surface area contributed by atoms with Crippen molar-refractivity contribution in [3.63, 3.8) is 0 Å². The molecule has 1 N–H and O–H groups in total. The second-order valence-corrected chi connectivity index (χ2v) is 10.3. The number of ether oxygens (including phenoxy) is 3. The van der Waals surface area contributed by atoms with Crippen LogP contribution in [0.25, 0.3) is 0 Å². The first-order valence-electron chi connectivity index (χ1n) is 13.2. The fraction of sp³-hybridized carbons (Fsp3) is 0.552. The average Bonchev–Trinajstić information content (AvgIpc) is 3.54. The van der Waals surface area contributed by atoms with Crippen LogP contribution in [0.2, 0.25) is 0 Å². The van der Waals surface area contributed by atoms with Crippen molar-refractivity contribution in [2.24, 2.45) is 11.8 Å². The zero-order chi connectivity index (χ0) is 27.7. The van der Waals surface area contributed by atoms with Crippen molar-refractivity contribution >= 4 is 23.5 Å². The van der Waals surface area contributed by atoms with Crippen LogP contribution in [0.3, 0.4) is 0 Å². The minimum atomic E-state index is -1.21. The van der Waals surface area contributed by atoms with Crippen molar-refractivity contribution in [2.75, 3.05) is 31.8 Å². The third-order valence-electron chi connectivity index (χ3n) is 8.37. The fourth-order valence-corrected chi connectivity index (χ4v) is 6.55. The Morgan fingerprint density at radius 2 is 1.97 bits per heavy atom. The van der Waals surface area contributed by atoms with Crippen molar-refractivity contribution in [2.45, 2.75) is 62.8 Å². The molecular weight excluding hydrogens is 488 g/mol. The van der Waals surface area contributed by atoms with Crippen LogP contribution in [0.5, 0.6) is 5.75 Å². The molecule has 1 aromatic carbocycles. The van der Waals surface area contributed by atoms with Gasteiger partial charge in [0.15, 0.2) is 0 Å². The summed E-state index contributed by atoms with van der Waals surface area (Å²) < 4.78 is 17.6. The highest BCUT2D eigenvalue weighted by Crippen LogP contribution is 2.64. The third kappa shape index (κ3) is 4.22. The van der Waals surface area contributed by atoms with Crippen LogP contribution in [0.15, 0.2) is 49.6 Å². The summed E-state index contributed by atoms with van der Waals surface area (Å²) in [4.78, 5) is 44.9. The monoisotopic (exact) mass is 526 g/mol. The number of nitrogens with zero attached hydrogens (tertiary/aromatic N) is 2. The number of fused-ring (bicyclic) bond motifs is 1. The molecule has 38 heavy (non-hydrogen) atoms. The van der Waals surface area contributed by atoms with Gasteiger partial charge in [0.2, 0.25) is 5.91 Å². The van der Waals surface area contributed by atoms with Crippen molar-refractivity contribution in [3.05, 3.63) is 49.6 Å². The largest absolute Gasteiger partial charge is 0.497 e. The van der Waals surface area contributed by atoms with Crippen molar-refractivity contribution < 1.29 is 33.7 Å². The molecule has 0 saturated carbocycles. The normalized spacial score (nSPS) is 30.1. The van der Waals surface area contributed by atoms with Gasteiger partial charge >= 0.3 is 5.97 Å². The van der Waals surface area contributed by atoms with Gasteiger partial charge in [0.1, 0.15) is 23.3 Å². The molecule has 2 amide bonds. The van der Waals surface area contributed by atoms with E-state index in [-0.39, 0.29) is 31.6 Å². The molecule has 2 unspecified atom stereocenters. The minimum Gasteiger partial charge on any atom is -0.497 e. The molecule has 2 bridgehead atoms. The van der Waals surface area contributed by atoms with Gasteiger partial charge in [-0.25, -0.2) is 0 Å². The predicted octanol–water partition coefficient (Wildman–Crippen LogP) is 2.87. The smallest absolute Gasteiger partial charge is 0.312 e. The molecule has 6 atom stereocenters. The van der Waals surface area contributed by atoms with Crippen LogP contribution >= 0.6 is 0 Å². The molecule has 3 aliphatic rings. The van der Waals surface area contributed by atoms with E-state index < -0.39 is 41.1 Å². The molecule has 3 saturated heterocycles. The Balaban J connectivity index is 1.79. The van der Waals surface area contributed by atoms with E-state index >= 15 is 0 Å². The number of hydrogen-bond acceptors (Lipinski definition) is 7. The zero-order valence-electron chi connectivity index (χ0n) is 22.4. The van der Waals surface area contributed by atoms with Gasteiger partial charge in [-0.15, -0.1) is 13.2 Å². The van der Waals surface area contributed by atoms with E-state index in [0.717, 1.165) is 0 Å². The topological polar surface area (TPSA) is 106 Å². The molecule has 1 aromatic rings. The first kappa shape index (κ1) is 27.9. The lowest BCUT2D eigenvalue weighted by atomic mass is 9.65. The van der Waals surface area contributed by atoms with Gasteiger partial charge in [0, 0.05) is 12.2 Å². The molecule has 206 valence electrons. The van der Waals surface area contributed by atoms with Gasteiger partial charge in [-0.2, -0.15) is 0 Å². The molecule has 4 rings (SSSR count). The second-order valence-electron chi connectivity index (χ2n) is 10.3. The standard InChI is InChI=1S/C29H38N2O7/c1-6-9-17-37-27(35)23-22-25(33)31(19(4)18-32)24(29(22)15-14-28(23,8-3)38-29)26(34)30(16-7-2)20-10-12-21(36-5)13-11-20/h6-7,10-13,19,22-24,32H,1-2,8-9,14-18H2,3-5H3/t19-,22+,23+,24?,28-,29?/m1/s1. The molecule has 0 radical (unpaired) electrons. The highest BCUT2D eigenvalue weighted by molar-refractivity contribution is 6.05. The molecule has 0 aromatic heterocycles. The summed E-state index contributed by atoms with van der Waals surface area (Å²) in [6.45, 7) is 11.1. The average molecular weight is 527 g/mol. The Labute approximate surface area is 224 Å². The van der Waals surface area contributed by atoms with Gasteiger partial charge in [-0.3, -0.25) is 14.4 Å². The van der Waals surface area contributed by atoms with Gasteiger partial charge in [-0.05, 0) is 56.9 Å². The van der Waals surface area contributed by atoms with E-state index in [1.54, 1.807) is 55.4 Å². The maximum Gasteiger partial charge on any atom is 0.312 e. The highest BCUT2D eigenvalue weighted by atomic mass is 16.6. The van der Waals surface area contributed by atoms with Crippen molar-refractivity contribution in [1.82, 2.24) is 4.90 Å². The number of anilines is 1. The van der Waals surface area contributed by atoms with Gasteiger partial charge in [0.25, 0.3) is 5.91 Å². The van der Waals surface area contributed by atoms with Crippen LogP contribution in [-0.2, 0) is 23.9 Å². The Bertz CT molecular complexity index is 1090. The first-order valence-corrected chi connectivity index (χ1v) is 13.2. The number of benzene rings is 1. The van der Waals surface area contributed by atoms with E-state index in [0.29, 0.717) is 37.1 Å². The quantitative estimate of drug-likeness (QED) is 0.254. The lowest BCUT2D eigenvalue weighted by Gasteiger charge is -2.38. The van der Waals surface area contributed by atoms with Gasteiger partial charge in [0.05, 0.1) is 37.9 Å². The maximum absolute atomic E-state index is 14.4. The number of aliphatic hydroxyl groups excluding tert-OH is 1. The number of aliphatic hydroxyl groups is 1. The number of likely N-dealkylation sites (tertiary alicyclic amines) is 1. The molecular formula is C29H38N2O7. The molecule has 3 heterocycles. The van der Waals surface area contributed by atoms with E-state index in [9.17, 15) is 19.5 Å². The molecule has 9 nitrogen and oxygen atoms in total. The molecule has 1 spiro atoms. The Kier molecular flexibility index (Phi) is 7.99. The lowest BCUT2D eigenvalue weighted by molar-refractivity contribution is -0.161. The Morgan fingerprint density at radius 3 is 2.55 bits per heavy atom. The minimum absolute atomic E-state index is 0.163. The van der Waals surface area contributed by atoms with Crippen LogP contribution in [0.1, 0.15) is 39.5 Å². The maximum atomic E-state index is 14.4. The Hall–Kier alpha value is -3.17. The van der Waals surface area contributed by atoms with E-state index in [2.05, 4.69) is 13.2 Å². The number of amides is 2. The summed E-state index contributed by atoms with van der Waals surface area (Å²) in [5.41, 5.74) is -1.48. The van der Waals surface area contributed by atoms with E-state index in [1.165, 1.54) is 4.90 Å². The van der Waals surface area contributed by atoms with Gasteiger partial charge < -0.3 is 29.1 Å². The number of hydrogen-bond donors (Lipinski definition) is 1.